The lowest BCUT2D eigenvalue weighted by Gasteiger charge is -2.38. The van der Waals surface area contributed by atoms with Crippen LogP contribution in [0.25, 0.3) is 0 Å². The second-order valence-corrected chi connectivity index (χ2v) is 5.90. The van der Waals surface area contributed by atoms with Crippen LogP contribution < -0.4 is 5.73 Å². The molecule has 3 nitrogen and oxygen atoms in total. The SMILES string of the molecule is C[C@@H](N)[C@H]1CCCCN1C(=O)c1ccc(F)c(Br)c1. The van der Waals surface area contributed by atoms with Gasteiger partial charge in [0, 0.05) is 24.2 Å². The lowest BCUT2D eigenvalue weighted by molar-refractivity contribution is 0.0583. The van der Waals surface area contributed by atoms with Crippen LogP contribution in [0.15, 0.2) is 22.7 Å². The van der Waals surface area contributed by atoms with Crippen LogP contribution in [-0.2, 0) is 0 Å². The van der Waals surface area contributed by atoms with Gasteiger partial charge in [0.15, 0.2) is 0 Å². The summed E-state index contributed by atoms with van der Waals surface area (Å²) in [6.07, 6.45) is 3.03. The number of nitrogens with zero attached hydrogens (tertiary/aromatic N) is 1. The Morgan fingerprint density at radius 1 is 1.53 bits per heavy atom. The lowest BCUT2D eigenvalue weighted by atomic mass is 9.96. The van der Waals surface area contributed by atoms with E-state index in [1.165, 1.54) is 18.2 Å². The van der Waals surface area contributed by atoms with E-state index in [1.54, 1.807) is 0 Å². The van der Waals surface area contributed by atoms with E-state index in [4.69, 9.17) is 5.73 Å². The molecule has 1 aromatic rings. The molecule has 2 N–H and O–H groups in total. The zero-order valence-corrected chi connectivity index (χ0v) is 12.5. The number of carbonyl (C=O) groups is 1. The summed E-state index contributed by atoms with van der Waals surface area (Å²) in [6, 6.07) is 4.39. The highest BCUT2D eigenvalue weighted by Gasteiger charge is 2.29. The van der Waals surface area contributed by atoms with Crippen molar-refractivity contribution in [1.29, 1.82) is 0 Å². The highest BCUT2D eigenvalue weighted by atomic mass is 79.9. The fourth-order valence-electron chi connectivity index (χ4n) is 2.55. The van der Waals surface area contributed by atoms with Crippen molar-refractivity contribution in [2.45, 2.75) is 38.3 Å². The van der Waals surface area contributed by atoms with Gasteiger partial charge in [0.05, 0.1) is 4.47 Å². The molecule has 1 amide bonds. The van der Waals surface area contributed by atoms with Gasteiger partial charge in [-0.1, -0.05) is 0 Å². The van der Waals surface area contributed by atoms with Crippen LogP contribution in [0.1, 0.15) is 36.5 Å². The first-order chi connectivity index (χ1) is 9.00. The van der Waals surface area contributed by atoms with Gasteiger partial charge in [-0.15, -0.1) is 0 Å². The van der Waals surface area contributed by atoms with Crippen LogP contribution in [-0.4, -0.2) is 29.4 Å². The Kier molecular flexibility index (Phi) is 4.58. The van der Waals surface area contributed by atoms with Crippen LogP contribution in [0.5, 0.6) is 0 Å². The molecule has 0 unspecified atom stereocenters. The fraction of sp³-hybridized carbons (Fsp3) is 0.500. The molecule has 104 valence electrons. The van der Waals surface area contributed by atoms with E-state index in [1.807, 2.05) is 11.8 Å². The molecular weight excluding hydrogens is 311 g/mol. The third-order valence-corrected chi connectivity index (χ3v) is 4.19. The van der Waals surface area contributed by atoms with Gasteiger partial charge in [0.1, 0.15) is 5.82 Å². The molecule has 0 aliphatic carbocycles. The van der Waals surface area contributed by atoms with Crippen molar-refractivity contribution < 1.29 is 9.18 Å². The largest absolute Gasteiger partial charge is 0.334 e. The summed E-state index contributed by atoms with van der Waals surface area (Å²) in [7, 11) is 0. The standard InChI is InChI=1S/C14H18BrFN2O/c1-9(17)13-4-2-3-7-18(13)14(19)10-5-6-12(16)11(15)8-10/h5-6,8-9,13H,2-4,7,17H2,1H3/t9-,13-/m1/s1. The maximum absolute atomic E-state index is 13.2. The number of benzene rings is 1. The summed E-state index contributed by atoms with van der Waals surface area (Å²) < 4.78 is 13.5. The van der Waals surface area contributed by atoms with E-state index in [-0.39, 0.29) is 23.8 Å². The number of amides is 1. The minimum atomic E-state index is -0.362. The topological polar surface area (TPSA) is 46.3 Å². The number of halogens is 2. The van der Waals surface area contributed by atoms with Crippen LogP contribution in [0.3, 0.4) is 0 Å². The molecule has 1 saturated heterocycles. The first-order valence-electron chi connectivity index (χ1n) is 6.52. The molecule has 0 aromatic heterocycles. The molecule has 0 radical (unpaired) electrons. The van der Waals surface area contributed by atoms with Crippen LogP contribution in [0, 0.1) is 5.82 Å². The van der Waals surface area contributed by atoms with E-state index in [0.29, 0.717) is 10.0 Å². The molecule has 1 aliphatic rings. The minimum Gasteiger partial charge on any atom is -0.334 e. The van der Waals surface area contributed by atoms with E-state index in [9.17, 15) is 9.18 Å². The number of rotatable bonds is 2. The van der Waals surface area contributed by atoms with Crippen molar-refractivity contribution >= 4 is 21.8 Å². The first-order valence-corrected chi connectivity index (χ1v) is 7.31. The molecule has 0 bridgehead atoms. The molecule has 1 aromatic carbocycles. The van der Waals surface area contributed by atoms with Crippen molar-refractivity contribution in [2.75, 3.05) is 6.54 Å². The smallest absolute Gasteiger partial charge is 0.254 e. The Balaban J connectivity index is 2.23. The average Bonchev–Trinajstić information content (AvgIpc) is 2.41. The maximum Gasteiger partial charge on any atom is 0.254 e. The first kappa shape index (κ1) is 14.5. The summed E-state index contributed by atoms with van der Waals surface area (Å²) in [5.74, 6) is -0.429. The average molecular weight is 329 g/mol. The summed E-state index contributed by atoms with van der Waals surface area (Å²) in [5.41, 5.74) is 6.47. The molecule has 2 rings (SSSR count). The van der Waals surface area contributed by atoms with E-state index < -0.39 is 0 Å². The van der Waals surface area contributed by atoms with Crippen molar-refractivity contribution in [1.82, 2.24) is 4.90 Å². The minimum absolute atomic E-state index is 0.0480. The van der Waals surface area contributed by atoms with Gasteiger partial charge < -0.3 is 10.6 Å². The Bertz CT molecular complexity index is 479. The predicted molar refractivity (Wildman–Crippen MR) is 76.4 cm³/mol. The van der Waals surface area contributed by atoms with Crippen molar-refractivity contribution in [3.63, 3.8) is 0 Å². The lowest BCUT2D eigenvalue weighted by Crippen LogP contribution is -2.51. The van der Waals surface area contributed by atoms with Crippen LogP contribution >= 0.6 is 15.9 Å². The summed E-state index contributed by atoms with van der Waals surface area (Å²) in [6.45, 7) is 2.65. The van der Waals surface area contributed by atoms with Gasteiger partial charge in [-0.05, 0) is 60.3 Å². The number of hydrogen-bond acceptors (Lipinski definition) is 2. The molecule has 0 spiro atoms. The van der Waals surface area contributed by atoms with Crippen molar-refractivity contribution in [2.24, 2.45) is 5.73 Å². The fourth-order valence-corrected chi connectivity index (χ4v) is 2.93. The monoisotopic (exact) mass is 328 g/mol. The molecule has 0 saturated carbocycles. The summed E-state index contributed by atoms with van der Waals surface area (Å²) in [4.78, 5) is 14.3. The highest BCUT2D eigenvalue weighted by Crippen LogP contribution is 2.23. The molecule has 1 heterocycles. The van der Waals surface area contributed by atoms with Crippen molar-refractivity contribution in [3.05, 3.63) is 34.1 Å². The molecule has 5 heteroatoms. The molecular formula is C14H18BrFN2O. The van der Waals surface area contributed by atoms with Crippen LogP contribution in [0.4, 0.5) is 4.39 Å². The molecule has 2 atom stereocenters. The zero-order chi connectivity index (χ0) is 14.0. The Morgan fingerprint density at radius 2 is 2.26 bits per heavy atom. The van der Waals surface area contributed by atoms with Crippen LogP contribution in [0.2, 0.25) is 0 Å². The number of carbonyl (C=O) groups excluding carboxylic acids is 1. The Hall–Kier alpha value is -0.940. The van der Waals surface area contributed by atoms with Gasteiger partial charge in [0.2, 0.25) is 0 Å². The molecule has 1 aliphatic heterocycles. The number of likely N-dealkylation sites (tertiary alicyclic amines) is 1. The third kappa shape index (κ3) is 3.15. The predicted octanol–water partition coefficient (Wildman–Crippen LogP) is 2.93. The molecule has 19 heavy (non-hydrogen) atoms. The van der Waals surface area contributed by atoms with Crippen molar-refractivity contribution in [3.8, 4) is 0 Å². The van der Waals surface area contributed by atoms with Gasteiger partial charge in [-0.25, -0.2) is 4.39 Å². The second-order valence-electron chi connectivity index (χ2n) is 5.05. The van der Waals surface area contributed by atoms with Gasteiger partial charge >= 0.3 is 0 Å². The number of nitrogens with two attached hydrogens (primary N) is 1. The summed E-state index contributed by atoms with van der Waals surface area (Å²) in [5, 5.41) is 0. The molecule has 1 fully saturated rings. The maximum atomic E-state index is 13.2. The number of piperidine rings is 1. The van der Waals surface area contributed by atoms with E-state index in [0.717, 1.165) is 25.8 Å². The zero-order valence-electron chi connectivity index (χ0n) is 10.9. The van der Waals surface area contributed by atoms with Gasteiger partial charge in [-0.3, -0.25) is 4.79 Å². The Labute approximate surface area is 121 Å². The third-order valence-electron chi connectivity index (χ3n) is 3.58. The Morgan fingerprint density at radius 3 is 2.89 bits per heavy atom. The van der Waals surface area contributed by atoms with E-state index >= 15 is 0 Å². The summed E-state index contributed by atoms with van der Waals surface area (Å²) >= 11 is 3.11. The second kappa shape index (κ2) is 6.01. The highest BCUT2D eigenvalue weighted by molar-refractivity contribution is 9.10. The van der Waals surface area contributed by atoms with E-state index in [2.05, 4.69) is 15.9 Å². The number of hydrogen-bond donors (Lipinski definition) is 1. The normalized spacial score (nSPS) is 21.3. The van der Waals surface area contributed by atoms with Gasteiger partial charge in [-0.2, -0.15) is 0 Å². The van der Waals surface area contributed by atoms with Gasteiger partial charge in [0.25, 0.3) is 5.91 Å². The quantitative estimate of drug-likeness (QED) is 0.907.